The molecule has 0 atom stereocenters. The molecule has 20 heavy (non-hydrogen) atoms. The average molecular weight is 301 g/mol. The first-order chi connectivity index (χ1) is 9.43. The van der Waals surface area contributed by atoms with Crippen molar-refractivity contribution in [1.29, 1.82) is 0 Å². The molecule has 0 bridgehead atoms. The molecule has 0 unspecified atom stereocenters. The predicted octanol–water partition coefficient (Wildman–Crippen LogP) is 0.266. The molecule has 0 heterocycles. The van der Waals surface area contributed by atoms with Gasteiger partial charge in [0.05, 0.1) is 12.4 Å². The fraction of sp³-hybridized carbons (Fsp3) is 0.538. The SMILES string of the molecule is COCCN(C)CCNS(=O)(=O)Cc1ccc(N)cc1. The zero-order chi connectivity index (χ0) is 15.0. The minimum Gasteiger partial charge on any atom is -0.399 e. The van der Waals surface area contributed by atoms with E-state index < -0.39 is 10.0 Å². The fourth-order valence-corrected chi connectivity index (χ4v) is 2.77. The van der Waals surface area contributed by atoms with E-state index in [0.29, 0.717) is 25.4 Å². The van der Waals surface area contributed by atoms with Gasteiger partial charge in [-0.1, -0.05) is 12.1 Å². The van der Waals surface area contributed by atoms with E-state index >= 15 is 0 Å². The highest BCUT2D eigenvalue weighted by molar-refractivity contribution is 7.88. The van der Waals surface area contributed by atoms with Crippen LogP contribution in [0.25, 0.3) is 0 Å². The molecule has 1 rings (SSSR count). The molecular weight excluding hydrogens is 278 g/mol. The van der Waals surface area contributed by atoms with Crippen LogP contribution in [0.5, 0.6) is 0 Å². The minimum absolute atomic E-state index is 0.0327. The van der Waals surface area contributed by atoms with E-state index in [4.69, 9.17) is 10.5 Å². The summed E-state index contributed by atoms with van der Waals surface area (Å²) < 4.78 is 31.3. The van der Waals surface area contributed by atoms with Crippen molar-refractivity contribution >= 4 is 15.7 Å². The second-order valence-corrected chi connectivity index (χ2v) is 6.50. The average Bonchev–Trinajstić information content (AvgIpc) is 2.38. The number of likely N-dealkylation sites (N-methyl/N-ethyl adjacent to an activating group) is 1. The topological polar surface area (TPSA) is 84.7 Å². The first-order valence-electron chi connectivity index (χ1n) is 6.42. The molecule has 0 aliphatic rings. The van der Waals surface area contributed by atoms with E-state index in [9.17, 15) is 8.42 Å². The minimum atomic E-state index is -3.31. The Morgan fingerprint density at radius 3 is 2.50 bits per heavy atom. The third-order valence-corrected chi connectivity index (χ3v) is 4.19. The van der Waals surface area contributed by atoms with Gasteiger partial charge < -0.3 is 15.4 Å². The number of sulfonamides is 1. The Morgan fingerprint density at radius 2 is 1.90 bits per heavy atom. The van der Waals surface area contributed by atoms with Gasteiger partial charge in [-0.05, 0) is 24.7 Å². The number of benzene rings is 1. The molecule has 1 aromatic rings. The Kier molecular flexibility index (Phi) is 6.94. The van der Waals surface area contributed by atoms with Crippen LogP contribution in [0.3, 0.4) is 0 Å². The maximum Gasteiger partial charge on any atom is 0.215 e. The molecule has 0 amide bonds. The zero-order valence-electron chi connectivity index (χ0n) is 12.0. The predicted molar refractivity (Wildman–Crippen MR) is 80.9 cm³/mol. The number of anilines is 1. The Hall–Kier alpha value is -1.15. The molecule has 114 valence electrons. The molecule has 0 aromatic heterocycles. The van der Waals surface area contributed by atoms with E-state index in [1.54, 1.807) is 31.4 Å². The van der Waals surface area contributed by atoms with Crippen LogP contribution in [-0.4, -0.2) is 53.7 Å². The standard InChI is InChI=1S/C13H23N3O3S/c1-16(9-10-19-2)8-7-15-20(17,18)11-12-3-5-13(14)6-4-12/h3-6,15H,7-11,14H2,1-2H3. The van der Waals surface area contributed by atoms with Gasteiger partial charge in [0, 0.05) is 32.4 Å². The Labute approximate surface area is 121 Å². The summed E-state index contributed by atoms with van der Waals surface area (Å²) in [6.07, 6.45) is 0. The fourth-order valence-electron chi connectivity index (χ4n) is 1.64. The normalized spacial score (nSPS) is 11.9. The molecule has 0 radical (unpaired) electrons. The molecule has 0 fully saturated rings. The second kappa shape index (κ2) is 8.21. The summed E-state index contributed by atoms with van der Waals surface area (Å²) >= 11 is 0. The van der Waals surface area contributed by atoms with Crippen molar-refractivity contribution < 1.29 is 13.2 Å². The molecule has 6 nitrogen and oxygen atoms in total. The summed E-state index contributed by atoms with van der Waals surface area (Å²) in [7, 11) is 0.254. The van der Waals surface area contributed by atoms with E-state index in [2.05, 4.69) is 4.72 Å². The van der Waals surface area contributed by atoms with E-state index in [-0.39, 0.29) is 5.75 Å². The number of methoxy groups -OCH3 is 1. The molecule has 0 saturated heterocycles. The van der Waals surface area contributed by atoms with Gasteiger partial charge in [-0.25, -0.2) is 13.1 Å². The van der Waals surface area contributed by atoms with Crippen LogP contribution in [0.1, 0.15) is 5.56 Å². The maximum absolute atomic E-state index is 11.9. The maximum atomic E-state index is 11.9. The van der Waals surface area contributed by atoms with Crippen molar-refractivity contribution in [3.63, 3.8) is 0 Å². The van der Waals surface area contributed by atoms with Crippen LogP contribution in [0.2, 0.25) is 0 Å². The van der Waals surface area contributed by atoms with Gasteiger partial charge in [0.1, 0.15) is 0 Å². The highest BCUT2D eigenvalue weighted by Crippen LogP contribution is 2.08. The van der Waals surface area contributed by atoms with Crippen molar-refractivity contribution in [2.75, 3.05) is 46.1 Å². The van der Waals surface area contributed by atoms with Crippen molar-refractivity contribution in [2.45, 2.75) is 5.75 Å². The quantitative estimate of drug-likeness (QED) is 0.639. The first-order valence-corrected chi connectivity index (χ1v) is 8.07. The lowest BCUT2D eigenvalue weighted by molar-refractivity contribution is 0.162. The largest absolute Gasteiger partial charge is 0.399 e. The summed E-state index contributed by atoms with van der Waals surface area (Å²) in [6, 6.07) is 6.84. The van der Waals surface area contributed by atoms with Crippen LogP contribution in [0.4, 0.5) is 5.69 Å². The highest BCUT2D eigenvalue weighted by atomic mass is 32.2. The molecule has 0 aliphatic carbocycles. The third kappa shape index (κ3) is 6.85. The number of nitrogens with one attached hydrogen (secondary N) is 1. The van der Waals surface area contributed by atoms with Crippen LogP contribution in [0, 0.1) is 0 Å². The number of nitrogen functional groups attached to an aromatic ring is 1. The monoisotopic (exact) mass is 301 g/mol. The van der Waals surface area contributed by atoms with Crippen molar-refractivity contribution in [3.8, 4) is 0 Å². The van der Waals surface area contributed by atoms with Crippen LogP contribution in [0.15, 0.2) is 24.3 Å². The van der Waals surface area contributed by atoms with Gasteiger partial charge in [-0.3, -0.25) is 0 Å². The third-order valence-electron chi connectivity index (χ3n) is 2.83. The summed E-state index contributed by atoms with van der Waals surface area (Å²) in [6.45, 7) is 2.44. The molecule has 0 aliphatic heterocycles. The molecule has 0 spiro atoms. The second-order valence-electron chi connectivity index (χ2n) is 4.69. The lowest BCUT2D eigenvalue weighted by atomic mass is 10.2. The highest BCUT2D eigenvalue weighted by Gasteiger charge is 2.11. The number of rotatable bonds is 9. The first kappa shape index (κ1) is 16.9. The van der Waals surface area contributed by atoms with Crippen LogP contribution >= 0.6 is 0 Å². The van der Waals surface area contributed by atoms with Crippen LogP contribution < -0.4 is 10.5 Å². The Balaban J connectivity index is 2.36. The summed E-state index contributed by atoms with van der Waals surface area (Å²) in [4.78, 5) is 2.01. The van der Waals surface area contributed by atoms with Crippen LogP contribution in [-0.2, 0) is 20.5 Å². The molecule has 1 aromatic carbocycles. The molecular formula is C13H23N3O3S. The van der Waals surface area contributed by atoms with E-state index in [1.807, 2.05) is 11.9 Å². The van der Waals surface area contributed by atoms with Gasteiger partial charge in [0.15, 0.2) is 0 Å². The zero-order valence-corrected chi connectivity index (χ0v) is 12.8. The molecule has 3 N–H and O–H groups in total. The number of hydrogen-bond donors (Lipinski definition) is 2. The van der Waals surface area contributed by atoms with E-state index in [1.165, 1.54) is 0 Å². The van der Waals surface area contributed by atoms with Gasteiger partial charge in [-0.2, -0.15) is 0 Å². The van der Waals surface area contributed by atoms with Gasteiger partial charge in [-0.15, -0.1) is 0 Å². The van der Waals surface area contributed by atoms with Crippen molar-refractivity contribution in [3.05, 3.63) is 29.8 Å². The molecule has 7 heteroatoms. The number of nitrogens with two attached hydrogens (primary N) is 1. The van der Waals surface area contributed by atoms with Crippen molar-refractivity contribution in [2.24, 2.45) is 0 Å². The van der Waals surface area contributed by atoms with Gasteiger partial charge in [0.2, 0.25) is 10.0 Å². The number of hydrogen-bond acceptors (Lipinski definition) is 5. The lowest BCUT2D eigenvalue weighted by Gasteiger charge is -2.16. The Bertz CT molecular complexity index is 488. The van der Waals surface area contributed by atoms with Gasteiger partial charge in [0.25, 0.3) is 0 Å². The number of nitrogens with zero attached hydrogens (tertiary/aromatic N) is 1. The summed E-state index contributed by atoms with van der Waals surface area (Å²) in [5, 5.41) is 0. The number of ether oxygens (including phenoxy) is 1. The van der Waals surface area contributed by atoms with E-state index in [0.717, 1.165) is 12.1 Å². The lowest BCUT2D eigenvalue weighted by Crippen LogP contribution is -2.34. The summed E-state index contributed by atoms with van der Waals surface area (Å²) in [5.41, 5.74) is 6.91. The Morgan fingerprint density at radius 1 is 1.25 bits per heavy atom. The van der Waals surface area contributed by atoms with Crippen molar-refractivity contribution in [1.82, 2.24) is 9.62 Å². The van der Waals surface area contributed by atoms with Gasteiger partial charge >= 0.3 is 0 Å². The summed E-state index contributed by atoms with van der Waals surface area (Å²) in [5.74, 6) is -0.0327. The smallest absolute Gasteiger partial charge is 0.215 e. The molecule has 0 saturated carbocycles.